The molecule has 0 radical (unpaired) electrons. The van der Waals surface area contributed by atoms with E-state index in [2.05, 4.69) is 31.0 Å². The van der Waals surface area contributed by atoms with Crippen LogP contribution in [0, 0.1) is 12.8 Å². The van der Waals surface area contributed by atoms with Gasteiger partial charge in [-0.05, 0) is 82.6 Å². The third-order valence-corrected chi connectivity index (χ3v) is 6.98. The Hall–Kier alpha value is -1.44. The molecule has 0 bridgehead atoms. The van der Waals surface area contributed by atoms with Crippen LogP contribution in [0.15, 0.2) is 53.4 Å². The van der Waals surface area contributed by atoms with Crippen molar-refractivity contribution in [1.29, 1.82) is 0 Å². The van der Waals surface area contributed by atoms with E-state index >= 15 is 0 Å². The number of aryl methyl sites for hydroxylation is 1. The van der Waals surface area contributed by atoms with Crippen LogP contribution < -0.4 is 0 Å². The Morgan fingerprint density at radius 1 is 1.07 bits per heavy atom. The fourth-order valence-corrected chi connectivity index (χ4v) is 4.46. The molecule has 4 rings (SSSR count). The molecule has 2 saturated heterocycles. The maximum Gasteiger partial charge on any atom is 0.294 e. The summed E-state index contributed by atoms with van der Waals surface area (Å²) in [5.74, 6) is 0.689. The van der Waals surface area contributed by atoms with E-state index in [1.165, 1.54) is 43.6 Å². The Morgan fingerprint density at radius 2 is 1.62 bits per heavy atom. The first-order valence-corrected chi connectivity index (χ1v) is 11.6. The van der Waals surface area contributed by atoms with Crippen molar-refractivity contribution < 1.29 is 17.7 Å². The number of ether oxygens (including phenoxy) is 1. The second kappa shape index (κ2) is 8.74. The zero-order chi connectivity index (χ0) is 21.2. The molecule has 2 heterocycles. The predicted molar refractivity (Wildman–Crippen MR) is 115 cm³/mol. The van der Waals surface area contributed by atoms with Gasteiger partial charge in [0.05, 0.1) is 10.5 Å². The second-order valence-corrected chi connectivity index (χ2v) is 9.96. The number of benzene rings is 2. The minimum atomic E-state index is -4.02. The molecule has 0 saturated carbocycles. The number of nitrogens with zero attached hydrogens (tertiary/aromatic N) is 1. The SMILES string of the molecule is CN1CCC(C2(C)OC2c2ccc(Cl)cc2)CC1.Cc1ccc(S(=O)(=O)O)cc1. The Labute approximate surface area is 178 Å². The van der Waals surface area contributed by atoms with E-state index in [0.29, 0.717) is 5.92 Å². The van der Waals surface area contributed by atoms with E-state index in [4.69, 9.17) is 20.9 Å². The van der Waals surface area contributed by atoms with Crippen LogP contribution in [0.4, 0.5) is 0 Å². The molecule has 0 aromatic heterocycles. The molecule has 0 amide bonds. The summed E-state index contributed by atoms with van der Waals surface area (Å²) in [5.41, 5.74) is 2.27. The first-order valence-electron chi connectivity index (χ1n) is 9.75. The zero-order valence-corrected chi connectivity index (χ0v) is 18.6. The van der Waals surface area contributed by atoms with Gasteiger partial charge >= 0.3 is 0 Å². The van der Waals surface area contributed by atoms with Crippen molar-refractivity contribution in [2.24, 2.45) is 5.92 Å². The van der Waals surface area contributed by atoms with Gasteiger partial charge in [-0.3, -0.25) is 4.55 Å². The summed E-state index contributed by atoms with van der Waals surface area (Å²) in [6.07, 6.45) is 2.76. The van der Waals surface area contributed by atoms with Gasteiger partial charge < -0.3 is 9.64 Å². The normalized spacial score (nSPS) is 25.2. The average molecular weight is 438 g/mol. The minimum Gasteiger partial charge on any atom is -0.361 e. The fourth-order valence-electron chi connectivity index (χ4n) is 3.86. The summed E-state index contributed by atoms with van der Waals surface area (Å²) < 4.78 is 35.6. The van der Waals surface area contributed by atoms with Crippen LogP contribution >= 0.6 is 11.6 Å². The molecule has 2 atom stereocenters. The summed E-state index contributed by atoms with van der Waals surface area (Å²) in [4.78, 5) is 2.34. The summed E-state index contributed by atoms with van der Waals surface area (Å²) in [5, 5.41) is 0.792. The van der Waals surface area contributed by atoms with E-state index in [9.17, 15) is 8.42 Å². The molecule has 2 aliphatic heterocycles. The lowest BCUT2D eigenvalue weighted by Crippen LogP contribution is -2.36. The lowest BCUT2D eigenvalue weighted by Gasteiger charge is -2.31. The van der Waals surface area contributed by atoms with Gasteiger partial charge in [0.1, 0.15) is 6.10 Å². The predicted octanol–water partition coefficient (Wildman–Crippen LogP) is 4.75. The van der Waals surface area contributed by atoms with E-state index < -0.39 is 10.1 Å². The molecule has 2 aromatic carbocycles. The Kier molecular flexibility index (Phi) is 6.70. The molecule has 158 valence electrons. The lowest BCUT2D eigenvalue weighted by atomic mass is 9.81. The van der Waals surface area contributed by atoms with Crippen LogP contribution in [-0.2, 0) is 14.9 Å². The second-order valence-electron chi connectivity index (χ2n) is 8.10. The quantitative estimate of drug-likeness (QED) is 0.554. The van der Waals surface area contributed by atoms with Crippen LogP contribution in [0.1, 0.15) is 37.0 Å². The molecule has 2 aliphatic rings. The minimum absolute atomic E-state index is 0.0507. The van der Waals surface area contributed by atoms with E-state index in [1.54, 1.807) is 12.1 Å². The standard InChI is InChI=1S/C15H20ClNO.C7H8O3S/c1-15(12-7-9-17(2)10-8-12)14(18-15)11-3-5-13(16)6-4-11;1-6-2-4-7(5-3-6)11(8,9)10/h3-6,12,14H,7-10H2,1-2H3;2-5H,1H3,(H,8,9,10). The molecular weight excluding hydrogens is 410 g/mol. The number of hydrogen-bond acceptors (Lipinski definition) is 4. The summed E-state index contributed by atoms with van der Waals surface area (Å²) in [7, 11) is -1.82. The largest absolute Gasteiger partial charge is 0.361 e. The summed E-state index contributed by atoms with van der Waals surface area (Å²) >= 11 is 5.93. The van der Waals surface area contributed by atoms with Crippen LogP contribution in [-0.4, -0.2) is 43.6 Å². The molecule has 7 heteroatoms. The van der Waals surface area contributed by atoms with Crippen LogP contribution in [0.3, 0.4) is 0 Å². The van der Waals surface area contributed by atoms with Crippen molar-refractivity contribution in [3.8, 4) is 0 Å². The van der Waals surface area contributed by atoms with Crippen LogP contribution in [0.25, 0.3) is 0 Å². The van der Waals surface area contributed by atoms with Crippen molar-refractivity contribution in [2.45, 2.75) is 43.3 Å². The zero-order valence-electron chi connectivity index (χ0n) is 17.0. The molecule has 2 unspecified atom stereocenters. The highest BCUT2D eigenvalue weighted by Gasteiger charge is 2.57. The molecule has 29 heavy (non-hydrogen) atoms. The maximum atomic E-state index is 10.5. The Bertz CT molecular complexity index is 922. The number of hydrogen-bond donors (Lipinski definition) is 1. The van der Waals surface area contributed by atoms with Crippen molar-refractivity contribution in [3.63, 3.8) is 0 Å². The maximum absolute atomic E-state index is 10.5. The van der Waals surface area contributed by atoms with Gasteiger partial charge in [0, 0.05) is 5.02 Å². The van der Waals surface area contributed by atoms with Crippen molar-refractivity contribution in [2.75, 3.05) is 20.1 Å². The van der Waals surface area contributed by atoms with Gasteiger partial charge in [-0.15, -0.1) is 0 Å². The monoisotopic (exact) mass is 437 g/mol. The van der Waals surface area contributed by atoms with Gasteiger partial charge in [-0.1, -0.05) is 41.4 Å². The summed E-state index contributed by atoms with van der Waals surface area (Å²) in [6.45, 7) is 6.49. The van der Waals surface area contributed by atoms with Gasteiger partial charge in [0.25, 0.3) is 10.1 Å². The van der Waals surface area contributed by atoms with E-state index in [0.717, 1.165) is 10.6 Å². The number of halogens is 1. The average Bonchev–Trinajstić information content (AvgIpc) is 3.36. The Balaban J connectivity index is 0.000000188. The van der Waals surface area contributed by atoms with Gasteiger partial charge in [0.2, 0.25) is 0 Å². The van der Waals surface area contributed by atoms with Crippen molar-refractivity contribution in [3.05, 3.63) is 64.7 Å². The highest BCUT2D eigenvalue weighted by Crippen LogP contribution is 2.56. The molecular formula is C22H28ClNO4S. The third kappa shape index (κ3) is 5.58. The highest BCUT2D eigenvalue weighted by atomic mass is 35.5. The lowest BCUT2D eigenvalue weighted by molar-refractivity contribution is 0.143. The van der Waals surface area contributed by atoms with Crippen LogP contribution in [0.2, 0.25) is 5.02 Å². The highest BCUT2D eigenvalue weighted by molar-refractivity contribution is 7.85. The first-order chi connectivity index (χ1) is 13.6. The third-order valence-electron chi connectivity index (χ3n) is 5.86. The molecule has 0 aliphatic carbocycles. The molecule has 2 fully saturated rings. The molecule has 2 aromatic rings. The van der Waals surface area contributed by atoms with Gasteiger partial charge in [-0.25, -0.2) is 0 Å². The molecule has 1 N–H and O–H groups in total. The fraction of sp³-hybridized carbons (Fsp3) is 0.455. The van der Waals surface area contributed by atoms with Crippen molar-refractivity contribution in [1.82, 2.24) is 4.90 Å². The first kappa shape index (κ1) is 22.2. The Morgan fingerprint density at radius 3 is 2.14 bits per heavy atom. The number of piperidine rings is 1. The van der Waals surface area contributed by atoms with Gasteiger partial charge in [0.15, 0.2) is 0 Å². The smallest absolute Gasteiger partial charge is 0.294 e. The van der Waals surface area contributed by atoms with E-state index in [-0.39, 0.29) is 16.6 Å². The van der Waals surface area contributed by atoms with E-state index in [1.807, 2.05) is 19.1 Å². The molecule has 5 nitrogen and oxygen atoms in total. The molecule has 0 spiro atoms. The topological polar surface area (TPSA) is 70.1 Å². The van der Waals surface area contributed by atoms with Gasteiger partial charge in [-0.2, -0.15) is 8.42 Å². The van der Waals surface area contributed by atoms with Crippen LogP contribution in [0.5, 0.6) is 0 Å². The summed E-state index contributed by atoms with van der Waals surface area (Å²) in [6, 6.07) is 14.1. The van der Waals surface area contributed by atoms with Crippen molar-refractivity contribution >= 4 is 21.7 Å². The number of epoxide rings is 1. The number of rotatable bonds is 3. The number of likely N-dealkylation sites (tertiary alicyclic amines) is 1.